The van der Waals surface area contributed by atoms with Gasteiger partial charge in [-0.1, -0.05) is 36.0 Å². The average Bonchev–Trinajstić information content (AvgIpc) is 3.20. The van der Waals surface area contributed by atoms with E-state index in [1.54, 1.807) is 4.68 Å². The van der Waals surface area contributed by atoms with Gasteiger partial charge in [-0.3, -0.25) is 4.79 Å². The summed E-state index contributed by atoms with van der Waals surface area (Å²) in [7, 11) is 0. The molecule has 4 rings (SSSR count). The molecule has 3 aromatic rings. The Bertz CT molecular complexity index is 1030. The first-order valence-electron chi connectivity index (χ1n) is 9.75. The number of hydrogen-bond donors (Lipinski definition) is 1. The van der Waals surface area contributed by atoms with Crippen molar-refractivity contribution in [3.63, 3.8) is 0 Å². The highest BCUT2D eigenvalue weighted by molar-refractivity contribution is 7.99. The van der Waals surface area contributed by atoms with Crippen LogP contribution in [0.1, 0.15) is 16.7 Å². The number of tetrazole rings is 1. The number of thioether (sulfide) groups is 1. The quantitative estimate of drug-likeness (QED) is 0.582. The lowest BCUT2D eigenvalue weighted by Gasteiger charge is -2.18. The highest BCUT2D eigenvalue weighted by Crippen LogP contribution is 2.30. The molecule has 9 heteroatoms. The average molecular weight is 426 g/mol. The molecule has 0 fully saturated rings. The van der Waals surface area contributed by atoms with Gasteiger partial charge in [0.15, 0.2) is 11.5 Å². The lowest BCUT2D eigenvalue weighted by Crippen LogP contribution is -2.27. The largest absolute Gasteiger partial charge is 0.486 e. The summed E-state index contributed by atoms with van der Waals surface area (Å²) in [6.07, 6.45) is 0.715. The molecule has 1 aliphatic rings. The molecule has 0 bridgehead atoms. The predicted octanol–water partition coefficient (Wildman–Crippen LogP) is 2.50. The van der Waals surface area contributed by atoms with Crippen LogP contribution in [-0.4, -0.2) is 51.6 Å². The standard InChI is InChI=1S/C21H23N5O3S/c1-14-4-3-5-15(2)20(14)26-21(23-24-25-26)30-13-19(27)22-9-8-16-6-7-17-18(12-16)29-11-10-28-17/h3-7,12H,8-11,13H2,1-2H3,(H,22,27). The summed E-state index contributed by atoms with van der Waals surface area (Å²) < 4.78 is 12.8. The molecule has 1 aliphatic heterocycles. The van der Waals surface area contributed by atoms with E-state index < -0.39 is 0 Å². The van der Waals surface area contributed by atoms with Crippen molar-refractivity contribution in [3.8, 4) is 17.2 Å². The fourth-order valence-electron chi connectivity index (χ4n) is 3.32. The fraction of sp³-hybridized carbons (Fsp3) is 0.333. The lowest BCUT2D eigenvalue weighted by molar-refractivity contribution is -0.118. The van der Waals surface area contributed by atoms with Gasteiger partial charge in [-0.25, -0.2) is 0 Å². The van der Waals surface area contributed by atoms with Gasteiger partial charge in [-0.15, -0.1) is 5.10 Å². The maximum absolute atomic E-state index is 12.3. The van der Waals surface area contributed by atoms with Gasteiger partial charge in [0.05, 0.1) is 11.4 Å². The van der Waals surface area contributed by atoms with E-state index in [2.05, 4.69) is 20.8 Å². The maximum atomic E-state index is 12.3. The molecule has 1 amide bonds. The summed E-state index contributed by atoms with van der Waals surface area (Å²) in [5, 5.41) is 15.5. The first-order chi connectivity index (χ1) is 14.6. The van der Waals surface area contributed by atoms with E-state index in [9.17, 15) is 4.79 Å². The van der Waals surface area contributed by atoms with E-state index in [0.717, 1.165) is 33.9 Å². The monoisotopic (exact) mass is 425 g/mol. The van der Waals surface area contributed by atoms with Crippen LogP contribution in [0.4, 0.5) is 0 Å². The van der Waals surface area contributed by atoms with Gasteiger partial charge in [0.25, 0.3) is 0 Å². The first-order valence-corrected chi connectivity index (χ1v) is 10.7. The molecule has 1 aromatic heterocycles. The van der Waals surface area contributed by atoms with Crippen LogP contribution < -0.4 is 14.8 Å². The van der Waals surface area contributed by atoms with Crippen LogP contribution in [0.2, 0.25) is 0 Å². The van der Waals surface area contributed by atoms with E-state index >= 15 is 0 Å². The summed E-state index contributed by atoms with van der Waals surface area (Å²) in [5.41, 5.74) is 4.19. The Hall–Kier alpha value is -3.07. The SMILES string of the molecule is Cc1cccc(C)c1-n1nnnc1SCC(=O)NCCc1ccc2c(c1)OCCO2. The molecule has 156 valence electrons. The molecule has 2 heterocycles. The lowest BCUT2D eigenvalue weighted by atomic mass is 10.1. The summed E-state index contributed by atoms with van der Waals surface area (Å²) in [6, 6.07) is 11.9. The van der Waals surface area contributed by atoms with Crippen LogP contribution in [0.15, 0.2) is 41.6 Å². The van der Waals surface area contributed by atoms with E-state index in [0.29, 0.717) is 31.3 Å². The van der Waals surface area contributed by atoms with Crippen molar-refractivity contribution in [3.05, 3.63) is 53.1 Å². The molecule has 0 atom stereocenters. The third kappa shape index (κ3) is 4.56. The second kappa shape index (κ2) is 9.17. The van der Waals surface area contributed by atoms with Crippen LogP contribution in [-0.2, 0) is 11.2 Å². The number of nitrogens with one attached hydrogen (secondary N) is 1. The molecular formula is C21H23N5O3S. The minimum atomic E-state index is -0.0615. The van der Waals surface area contributed by atoms with Crippen LogP contribution in [0.25, 0.3) is 5.69 Å². The molecule has 8 nitrogen and oxygen atoms in total. The number of hydrogen-bond acceptors (Lipinski definition) is 7. The third-order valence-corrected chi connectivity index (χ3v) is 5.69. The van der Waals surface area contributed by atoms with Gasteiger partial charge in [-0.2, -0.15) is 4.68 Å². The summed E-state index contributed by atoms with van der Waals surface area (Å²) in [5.74, 6) is 1.71. The Morgan fingerprint density at radius 3 is 2.70 bits per heavy atom. The Labute approximate surface area is 179 Å². The Morgan fingerprint density at radius 2 is 1.90 bits per heavy atom. The van der Waals surface area contributed by atoms with E-state index in [1.165, 1.54) is 11.8 Å². The summed E-state index contributed by atoms with van der Waals surface area (Å²) in [4.78, 5) is 12.3. The number of aryl methyl sites for hydroxylation is 2. The molecule has 0 radical (unpaired) electrons. The van der Waals surface area contributed by atoms with E-state index in [4.69, 9.17) is 9.47 Å². The van der Waals surface area contributed by atoms with Gasteiger partial charge >= 0.3 is 0 Å². The number of fused-ring (bicyclic) bond motifs is 1. The third-order valence-electron chi connectivity index (χ3n) is 4.77. The molecule has 0 aliphatic carbocycles. The Morgan fingerprint density at radius 1 is 1.13 bits per heavy atom. The zero-order valence-corrected chi connectivity index (χ0v) is 17.7. The van der Waals surface area contributed by atoms with Gasteiger partial charge in [-0.05, 0) is 59.5 Å². The van der Waals surface area contributed by atoms with Crippen LogP contribution in [0, 0.1) is 13.8 Å². The number of rotatable bonds is 7. The fourth-order valence-corrected chi connectivity index (χ4v) is 4.03. The molecule has 1 N–H and O–H groups in total. The van der Waals surface area contributed by atoms with Gasteiger partial charge in [0.2, 0.25) is 11.1 Å². The van der Waals surface area contributed by atoms with Crippen molar-refractivity contribution in [2.75, 3.05) is 25.5 Å². The van der Waals surface area contributed by atoms with Gasteiger partial charge < -0.3 is 14.8 Å². The van der Waals surface area contributed by atoms with Crippen molar-refractivity contribution in [1.82, 2.24) is 25.5 Å². The van der Waals surface area contributed by atoms with Gasteiger partial charge in [0, 0.05) is 6.54 Å². The van der Waals surface area contributed by atoms with E-state index in [-0.39, 0.29) is 11.7 Å². The number of aromatic nitrogens is 4. The second-order valence-corrected chi connectivity index (χ2v) is 7.92. The second-order valence-electron chi connectivity index (χ2n) is 6.98. The maximum Gasteiger partial charge on any atom is 0.230 e. The molecular weight excluding hydrogens is 402 g/mol. The predicted molar refractivity (Wildman–Crippen MR) is 113 cm³/mol. The zero-order valence-electron chi connectivity index (χ0n) is 16.9. The Kier molecular flexibility index (Phi) is 6.18. The van der Waals surface area contributed by atoms with Crippen molar-refractivity contribution in [2.24, 2.45) is 0 Å². The topological polar surface area (TPSA) is 91.2 Å². The van der Waals surface area contributed by atoms with Crippen molar-refractivity contribution in [1.29, 1.82) is 0 Å². The molecule has 0 saturated carbocycles. The summed E-state index contributed by atoms with van der Waals surface area (Å²) in [6.45, 7) is 5.71. The number of benzene rings is 2. The molecule has 2 aromatic carbocycles. The molecule has 0 unspecified atom stereocenters. The van der Waals surface area contributed by atoms with Gasteiger partial charge in [0.1, 0.15) is 13.2 Å². The number of carbonyl (C=O) groups excluding carboxylic acids is 1. The number of nitrogens with zero attached hydrogens (tertiary/aromatic N) is 4. The minimum Gasteiger partial charge on any atom is -0.486 e. The van der Waals surface area contributed by atoms with Crippen LogP contribution in [0.5, 0.6) is 11.5 Å². The number of ether oxygens (including phenoxy) is 2. The first kappa shape index (κ1) is 20.2. The van der Waals surface area contributed by atoms with Crippen molar-refractivity contribution < 1.29 is 14.3 Å². The molecule has 30 heavy (non-hydrogen) atoms. The highest BCUT2D eigenvalue weighted by Gasteiger charge is 2.15. The summed E-state index contributed by atoms with van der Waals surface area (Å²) >= 11 is 1.32. The minimum absolute atomic E-state index is 0.0615. The smallest absolute Gasteiger partial charge is 0.230 e. The van der Waals surface area contributed by atoms with Crippen molar-refractivity contribution in [2.45, 2.75) is 25.4 Å². The molecule has 0 spiro atoms. The Balaban J connectivity index is 1.29. The zero-order chi connectivity index (χ0) is 20.9. The van der Waals surface area contributed by atoms with Crippen LogP contribution >= 0.6 is 11.8 Å². The highest BCUT2D eigenvalue weighted by atomic mass is 32.2. The number of carbonyl (C=O) groups is 1. The number of amides is 1. The van der Waals surface area contributed by atoms with Crippen LogP contribution in [0.3, 0.4) is 0 Å². The van der Waals surface area contributed by atoms with Crippen molar-refractivity contribution >= 4 is 17.7 Å². The normalized spacial score (nSPS) is 12.6. The molecule has 0 saturated heterocycles. The number of para-hydroxylation sites is 1. The van der Waals surface area contributed by atoms with E-state index in [1.807, 2.05) is 50.2 Å².